The second-order valence-corrected chi connectivity index (χ2v) is 7.30. The third kappa shape index (κ3) is 10.4. The quantitative estimate of drug-likeness (QED) is 0.320. The van der Waals surface area contributed by atoms with Crippen LogP contribution in [-0.4, -0.2) is 52.7 Å². The molecule has 0 radical (unpaired) electrons. The minimum atomic E-state index is 0.545. The highest BCUT2D eigenvalue weighted by atomic mass is 16.5. The van der Waals surface area contributed by atoms with Crippen LogP contribution in [0.2, 0.25) is 0 Å². The Morgan fingerprint density at radius 2 is 0.909 bits per heavy atom. The van der Waals surface area contributed by atoms with E-state index in [1.54, 1.807) is 0 Å². The summed E-state index contributed by atoms with van der Waals surface area (Å²) in [7, 11) is 0. The van der Waals surface area contributed by atoms with Crippen molar-refractivity contribution < 1.29 is 14.2 Å². The van der Waals surface area contributed by atoms with Gasteiger partial charge in [-0.3, -0.25) is 0 Å². The maximum absolute atomic E-state index is 5.58. The van der Waals surface area contributed by atoms with Crippen molar-refractivity contribution in [3.8, 4) is 0 Å². The zero-order valence-electron chi connectivity index (χ0n) is 19.5. The van der Waals surface area contributed by atoms with E-state index >= 15 is 0 Å². The average molecular weight is 449 g/mol. The van der Waals surface area contributed by atoms with Crippen molar-refractivity contribution in [2.45, 2.75) is 0 Å². The summed E-state index contributed by atoms with van der Waals surface area (Å²) in [5.74, 6) is 0. The van der Waals surface area contributed by atoms with Gasteiger partial charge in [-0.15, -0.1) is 0 Å². The van der Waals surface area contributed by atoms with E-state index in [0.717, 1.165) is 33.6 Å². The van der Waals surface area contributed by atoms with Crippen LogP contribution in [0.25, 0.3) is 23.5 Å². The lowest BCUT2D eigenvalue weighted by atomic mass is 10.1. The summed E-state index contributed by atoms with van der Waals surface area (Å²) in [6, 6.07) is 16.2. The first-order valence-electron chi connectivity index (χ1n) is 11.2. The van der Waals surface area contributed by atoms with Crippen molar-refractivity contribution in [3.05, 3.63) is 97.1 Å². The second kappa shape index (κ2) is 15.6. The molecule has 0 amide bonds. The summed E-state index contributed by atoms with van der Waals surface area (Å²) in [5.41, 5.74) is 6.07. The zero-order valence-corrected chi connectivity index (χ0v) is 19.5. The normalized spacial score (nSPS) is 10.4. The zero-order chi connectivity index (χ0) is 23.7. The van der Waals surface area contributed by atoms with E-state index in [9.17, 15) is 0 Å². The first-order valence-corrected chi connectivity index (χ1v) is 11.2. The van der Waals surface area contributed by atoms with Crippen LogP contribution in [-0.2, 0) is 14.2 Å². The van der Waals surface area contributed by atoms with E-state index in [1.807, 2.05) is 60.7 Å². The molecule has 176 valence electrons. The van der Waals surface area contributed by atoms with Crippen LogP contribution in [0.5, 0.6) is 0 Å². The van der Waals surface area contributed by atoms with E-state index in [0.29, 0.717) is 52.7 Å². The van der Waals surface area contributed by atoms with Gasteiger partial charge < -0.3 is 24.8 Å². The van der Waals surface area contributed by atoms with E-state index in [4.69, 9.17) is 14.2 Å². The molecule has 5 heteroatoms. The Hall–Kier alpha value is -3.12. The van der Waals surface area contributed by atoms with Gasteiger partial charge in [-0.05, 0) is 22.3 Å². The molecular weight excluding hydrogens is 412 g/mol. The maximum Gasteiger partial charge on any atom is 0.0701 e. The molecule has 0 atom stereocenters. The fourth-order valence-corrected chi connectivity index (χ4v) is 2.93. The molecule has 5 nitrogen and oxygen atoms in total. The lowest BCUT2D eigenvalue weighted by Crippen LogP contribution is -2.20. The molecule has 2 N–H and O–H groups in total. The number of ether oxygens (including phenoxy) is 3. The maximum atomic E-state index is 5.58. The Morgan fingerprint density at radius 3 is 1.24 bits per heavy atom. The third-order valence-corrected chi connectivity index (χ3v) is 4.90. The molecule has 0 aliphatic carbocycles. The molecular formula is C28H36N2O3. The van der Waals surface area contributed by atoms with Crippen LogP contribution in [0.3, 0.4) is 0 Å². The van der Waals surface area contributed by atoms with Gasteiger partial charge in [0.15, 0.2) is 0 Å². The van der Waals surface area contributed by atoms with Crippen LogP contribution >= 0.6 is 0 Å². The van der Waals surface area contributed by atoms with Crippen LogP contribution < -0.4 is 10.6 Å². The number of rotatable bonds is 18. The van der Waals surface area contributed by atoms with Crippen LogP contribution in [0.15, 0.2) is 74.8 Å². The summed E-state index contributed by atoms with van der Waals surface area (Å²) in [5, 5.41) is 6.54. The molecule has 0 bridgehead atoms. The fourth-order valence-electron chi connectivity index (χ4n) is 2.93. The number of benzene rings is 2. The molecule has 0 spiro atoms. The van der Waals surface area contributed by atoms with Gasteiger partial charge in [0.25, 0.3) is 0 Å². The second-order valence-electron chi connectivity index (χ2n) is 7.30. The summed E-state index contributed by atoms with van der Waals surface area (Å²) >= 11 is 0. The number of hydrogen-bond acceptors (Lipinski definition) is 5. The highest BCUT2D eigenvalue weighted by Crippen LogP contribution is 2.12. The molecule has 0 aliphatic heterocycles. The molecule has 0 aromatic heterocycles. The summed E-state index contributed by atoms with van der Waals surface area (Å²) in [6.45, 7) is 20.4. The fraction of sp³-hybridized carbons (Fsp3) is 0.286. The summed E-state index contributed by atoms with van der Waals surface area (Å²) in [4.78, 5) is 0. The number of hydrogen-bond donors (Lipinski definition) is 2. The van der Waals surface area contributed by atoms with Gasteiger partial charge in [0.2, 0.25) is 0 Å². The molecule has 2 aromatic carbocycles. The smallest absolute Gasteiger partial charge is 0.0701 e. The predicted octanol–water partition coefficient (Wildman–Crippen LogP) is 4.84. The van der Waals surface area contributed by atoms with E-state index in [-0.39, 0.29) is 0 Å². The lowest BCUT2D eigenvalue weighted by Gasteiger charge is -2.11. The molecule has 0 heterocycles. The van der Waals surface area contributed by atoms with Crippen LogP contribution in [0.4, 0.5) is 0 Å². The Balaban J connectivity index is 1.38. The van der Waals surface area contributed by atoms with Crippen LogP contribution in [0, 0.1) is 0 Å². The Labute approximate surface area is 198 Å². The first kappa shape index (κ1) is 26.1. The van der Waals surface area contributed by atoms with E-state index in [1.165, 1.54) is 0 Å². The first-order chi connectivity index (χ1) is 16.1. The van der Waals surface area contributed by atoms with Gasteiger partial charge in [-0.2, -0.15) is 0 Å². The highest BCUT2D eigenvalue weighted by Gasteiger charge is 1.99. The van der Waals surface area contributed by atoms with Crippen molar-refractivity contribution in [2.24, 2.45) is 0 Å². The molecule has 0 aliphatic rings. The molecule has 0 saturated carbocycles. The van der Waals surface area contributed by atoms with Gasteiger partial charge >= 0.3 is 0 Å². The standard InChI is InChI=1S/C28H36N2O3/c1-5-25-7-11-27(12-8-25)23(3)29-15-17-31-19-21-33-22-20-32-18-16-30-24(4)28-13-9-26(6-2)10-14-28/h5-14,29-30H,1-4,15-22H2. The summed E-state index contributed by atoms with van der Waals surface area (Å²) < 4.78 is 16.7. The molecule has 0 saturated heterocycles. The molecule has 2 aromatic rings. The largest absolute Gasteiger partial charge is 0.383 e. The van der Waals surface area contributed by atoms with Gasteiger partial charge in [0.05, 0.1) is 39.6 Å². The van der Waals surface area contributed by atoms with Gasteiger partial charge in [-0.1, -0.05) is 87.0 Å². The Kier molecular flexibility index (Phi) is 12.4. The monoisotopic (exact) mass is 448 g/mol. The van der Waals surface area contributed by atoms with Crippen molar-refractivity contribution in [1.29, 1.82) is 0 Å². The SMILES string of the molecule is C=Cc1ccc(C(=C)NCCOCCOCCOCCNC(=C)c2ccc(C=C)cc2)cc1. The molecule has 2 rings (SSSR count). The third-order valence-electron chi connectivity index (χ3n) is 4.90. The highest BCUT2D eigenvalue weighted by molar-refractivity contribution is 5.64. The van der Waals surface area contributed by atoms with Gasteiger partial charge in [0.1, 0.15) is 0 Å². The van der Waals surface area contributed by atoms with E-state index < -0.39 is 0 Å². The lowest BCUT2D eigenvalue weighted by molar-refractivity contribution is 0.0165. The molecule has 33 heavy (non-hydrogen) atoms. The van der Waals surface area contributed by atoms with Crippen LogP contribution in [0.1, 0.15) is 22.3 Å². The Morgan fingerprint density at radius 1 is 0.576 bits per heavy atom. The van der Waals surface area contributed by atoms with Crippen molar-refractivity contribution in [3.63, 3.8) is 0 Å². The molecule has 0 unspecified atom stereocenters. The predicted molar refractivity (Wildman–Crippen MR) is 140 cm³/mol. The van der Waals surface area contributed by atoms with Crippen molar-refractivity contribution in [2.75, 3.05) is 52.7 Å². The van der Waals surface area contributed by atoms with Crippen molar-refractivity contribution in [1.82, 2.24) is 10.6 Å². The van der Waals surface area contributed by atoms with E-state index in [2.05, 4.69) is 36.9 Å². The van der Waals surface area contributed by atoms with Gasteiger partial charge in [-0.25, -0.2) is 0 Å². The van der Waals surface area contributed by atoms with Crippen molar-refractivity contribution >= 4 is 23.5 Å². The Bertz CT molecular complexity index is 800. The molecule has 0 fully saturated rings. The minimum Gasteiger partial charge on any atom is -0.383 e. The summed E-state index contributed by atoms with van der Waals surface area (Å²) in [6.07, 6.45) is 3.64. The van der Waals surface area contributed by atoms with Gasteiger partial charge in [0, 0.05) is 24.5 Å². The number of nitrogens with one attached hydrogen (secondary N) is 2. The topological polar surface area (TPSA) is 51.8 Å². The average Bonchev–Trinajstić information content (AvgIpc) is 2.86. The minimum absolute atomic E-state index is 0.545.